The van der Waals surface area contributed by atoms with Crippen LogP contribution in [-0.4, -0.2) is 30.1 Å². The smallest absolute Gasteiger partial charge is 0.418 e. The lowest BCUT2D eigenvalue weighted by atomic mass is 10.1. The summed E-state index contributed by atoms with van der Waals surface area (Å²) in [5.41, 5.74) is 3.31. The molecule has 0 aliphatic carbocycles. The third-order valence-corrected chi connectivity index (χ3v) is 7.51. The maximum atomic E-state index is 14.2. The molecule has 9 nitrogen and oxygen atoms in total. The van der Waals surface area contributed by atoms with Gasteiger partial charge in [0.15, 0.2) is 0 Å². The zero-order chi connectivity index (χ0) is 30.4. The Morgan fingerprint density at radius 3 is 2.40 bits per heavy atom. The van der Waals surface area contributed by atoms with Crippen LogP contribution in [-0.2, 0) is 16.2 Å². The number of aromatic nitrogens is 3. The molecule has 0 unspecified atom stereocenters. The average Bonchev–Trinajstić information content (AvgIpc) is 2.94. The minimum atomic E-state index is -4.79. The standard InChI is InChI=1S/C27H18F5N5O4S/c1-41-24-23(42(39,40)36-21-9-7-16(28)12-19(21)29)11-15(13-34-24)14-6-8-20-17(10-14)25(38)37(26(33)35-20)22-5-3-2-4-18(22)27(30,31)32/h2-13,36H,1H3,(H2,33,35). The van der Waals surface area contributed by atoms with Gasteiger partial charge in [0.25, 0.3) is 15.6 Å². The molecular weight excluding hydrogens is 585 g/mol. The van der Waals surface area contributed by atoms with Crippen LogP contribution in [0.15, 0.2) is 82.6 Å². The van der Waals surface area contributed by atoms with Gasteiger partial charge in [0.1, 0.15) is 16.5 Å². The number of rotatable bonds is 6. The SMILES string of the molecule is COc1ncc(-c2ccc3nc(N)n(-c4ccccc4C(F)(F)F)c(=O)c3c2)cc1S(=O)(=O)Nc1ccc(F)cc1F. The number of hydrogen-bond donors (Lipinski definition) is 2. The topological polar surface area (TPSA) is 129 Å². The second-order valence-corrected chi connectivity index (χ2v) is 10.5. The highest BCUT2D eigenvalue weighted by molar-refractivity contribution is 7.92. The Hall–Kier alpha value is -5.05. The minimum Gasteiger partial charge on any atom is -0.480 e. The molecule has 0 saturated heterocycles. The Labute approximate surface area is 234 Å². The fraction of sp³-hybridized carbons (Fsp3) is 0.0741. The van der Waals surface area contributed by atoms with Gasteiger partial charge in [-0.25, -0.2) is 31.7 Å². The molecule has 5 rings (SSSR count). The van der Waals surface area contributed by atoms with Gasteiger partial charge in [-0.15, -0.1) is 0 Å². The van der Waals surface area contributed by atoms with Crippen LogP contribution in [0.2, 0.25) is 0 Å². The predicted octanol–water partition coefficient (Wildman–Crippen LogP) is 5.14. The van der Waals surface area contributed by atoms with Gasteiger partial charge in [0, 0.05) is 17.8 Å². The van der Waals surface area contributed by atoms with Crippen molar-refractivity contribution in [2.45, 2.75) is 11.1 Å². The number of sulfonamides is 1. The zero-order valence-electron chi connectivity index (χ0n) is 21.3. The maximum Gasteiger partial charge on any atom is 0.418 e. The van der Waals surface area contributed by atoms with E-state index in [1.54, 1.807) is 0 Å². The summed E-state index contributed by atoms with van der Waals surface area (Å²) < 4.78 is 103. The van der Waals surface area contributed by atoms with Crippen molar-refractivity contribution < 1.29 is 35.1 Å². The van der Waals surface area contributed by atoms with E-state index in [1.165, 1.54) is 36.5 Å². The molecular formula is C27H18F5N5O4S. The number of nitrogens with two attached hydrogens (primary N) is 1. The number of ether oxygens (including phenoxy) is 1. The molecule has 5 aromatic rings. The van der Waals surface area contributed by atoms with Crippen LogP contribution >= 0.6 is 0 Å². The molecule has 2 aromatic heterocycles. The number of nitrogens with one attached hydrogen (secondary N) is 1. The number of pyridine rings is 1. The van der Waals surface area contributed by atoms with Crippen molar-refractivity contribution in [3.8, 4) is 22.7 Å². The molecule has 2 heterocycles. The van der Waals surface area contributed by atoms with Crippen LogP contribution in [0.3, 0.4) is 0 Å². The van der Waals surface area contributed by atoms with E-state index in [9.17, 15) is 35.2 Å². The van der Waals surface area contributed by atoms with Crippen molar-refractivity contribution in [1.29, 1.82) is 0 Å². The third-order valence-electron chi connectivity index (χ3n) is 6.15. The van der Waals surface area contributed by atoms with E-state index in [4.69, 9.17) is 10.5 Å². The monoisotopic (exact) mass is 603 g/mol. The number of nitrogen functional groups attached to an aromatic ring is 1. The highest BCUT2D eigenvalue weighted by Gasteiger charge is 2.34. The van der Waals surface area contributed by atoms with Gasteiger partial charge >= 0.3 is 6.18 Å². The van der Waals surface area contributed by atoms with Gasteiger partial charge in [0.2, 0.25) is 11.8 Å². The molecule has 0 fully saturated rings. The van der Waals surface area contributed by atoms with E-state index in [1.807, 2.05) is 4.72 Å². The average molecular weight is 604 g/mol. The molecule has 216 valence electrons. The fourth-order valence-corrected chi connectivity index (χ4v) is 5.44. The summed E-state index contributed by atoms with van der Waals surface area (Å²) in [6, 6.07) is 11.9. The van der Waals surface area contributed by atoms with Crippen LogP contribution in [0.25, 0.3) is 27.7 Å². The van der Waals surface area contributed by atoms with Crippen LogP contribution in [0, 0.1) is 11.6 Å². The highest BCUT2D eigenvalue weighted by Crippen LogP contribution is 2.35. The lowest BCUT2D eigenvalue weighted by molar-refractivity contribution is -0.137. The number of benzene rings is 3. The molecule has 42 heavy (non-hydrogen) atoms. The Kier molecular flexibility index (Phi) is 7.06. The van der Waals surface area contributed by atoms with Gasteiger partial charge in [-0.2, -0.15) is 13.2 Å². The summed E-state index contributed by atoms with van der Waals surface area (Å²) in [6.07, 6.45) is -3.56. The molecule has 3 aromatic carbocycles. The number of fused-ring (bicyclic) bond motifs is 1. The molecule has 3 N–H and O–H groups in total. The van der Waals surface area contributed by atoms with Gasteiger partial charge in [0.05, 0.1) is 35.0 Å². The largest absolute Gasteiger partial charge is 0.480 e. The molecule has 0 bridgehead atoms. The first kappa shape index (κ1) is 28.5. The molecule has 0 atom stereocenters. The third kappa shape index (κ3) is 5.21. The first-order chi connectivity index (χ1) is 19.8. The fourth-order valence-electron chi connectivity index (χ4n) is 4.23. The maximum absolute atomic E-state index is 14.2. The second-order valence-electron chi connectivity index (χ2n) is 8.82. The predicted molar refractivity (Wildman–Crippen MR) is 144 cm³/mol. The van der Waals surface area contributed by atoms with E-state index in [0.717, 1.165) is 37.4 Å². The molecule has 0 radical (unpaired) electrons. The van der Waals surface area contributed by atoms with Crippen molar-refractivity contribution in [3.05, 3.63) is 100 Å². The molecule has 0 aliphatic heterocycles. The van der Waals surface area contributed by atoms with Gasteiger partial charge < -0.3 is 10.5 Å². The zero-order valence-corrected chi connectivity index (χ0v) is 22.1. The van der Waals surface area contributed by atoms with Crippen molar-refractivity contribution in [1.82, 2.24) is 14.5 Å². The Morgan fingerprint density at radius 2 is 1.71 bits per heavy atom. The number of halogens is 5. The van der Waals surface area contributed by atoms with Crippen LogP contribution < -0.4 is 20.8 Å². The number of alkyl halides is 3. The summed E-state index contributed by atoms with van der Waals surface area (Å²) in [5, 5.41) is -0.120. The van der Waals surface area contributed by atoms with Crippen molar-refractivity contribution >= 4 is 32.6 Å². The van der Waals surface area contributed by atoms with Crippen molar-refractivity contribution in [2.24, 2.45) is 0 Å². The van der Waals surface area contributed by atoms with Crippen LogP contribution in [0.5, 0.6) is 5.88 Å². The first-order valence-corrected chi connectivity index (χ1v) is 13.3. The quantitative estimate of drug-likeness (QED) is 0.257. The molecule has 0 spiro atoms. The molecule has 0 aliphatic rings. The Morgan fingerprint density at radius 1 is 0.976 bits per heavy atom. The van der Waals surface area contributed by atoms with Gasteiger partial charge in [-0.3, -0.25) is 9.52 Å². The van der Waals surface area contributed by atoms with E-state index < -0.39 is 61.2 Å². The summed E-state index contributed by atoms with van der Waals surface area (Å²) in [7, 11) is -3.38. The summed E-state index contributed by atoms with van der Waals surface area (Å²) >= 11 is 0. The highest BCUT2D eigenvalue weighted by atomic mass is 32.2. The molecule has 0 amide bonds. The lowest BCUT2D eigenvalue weighted by Gasteiger charge is -2.16. The Balaban J connectivity index is 1.64. The van der Waals surface area contributed by atoms with Crippen molar-refractivity contribution in [2.75, 3.05) is 17.6 Å². The number of anilines is 2. The van der Waals surface area contributed by atoms with Crippen LogP contribution in [0.4, 0.5) is 33.6 Å². The second kappa shape index (κ2) is 10.4. The minimum absolute atomic E-state index is 0.0738. The van der Waals surface area contributed by atoms with E-state index in [0.29, 0.717) is 10.6 Å². The van der Waals surface area contributed by atoms with E-state index in [2.05, 4.69) is 9.97 Å². The van der Waals surface area contributed by atoms with Gasteiger partial charge in [-0.1, -0.05) is 18.2 Å². The van der Waals surface area contributed by atoms with Crippen LogP contribution in [0.1, 0.15) is 5.56 Å². The van der Waals surface area contributed by atoms with Gasteiger partial charge in [-0.05, 0) is 48.0 Å². The normalized spacial score (nSPS) is 12.0. The molecule has 15 heteroatoms. The first-order valence-electron chi connectivity index (χ1n) is 11.8. The number of para-hydroxylation sites is 1. The van der Waals surface area contributed by atoms with Crippen molar-refractivity contribution in [3.63, 3.8) is 0 Å². The number of hydrogen-bond acceptors (Lipinski definition) is 7. The molecule has 0 saturated carbocycles. The number of nitrogens with zero attached hydrogens (tertiary/aromatic N) is 3. The summed E-state index contributed by atoms with van der Waals surface area (Å²) in [5.74, 6) is -2.90. The summed E-state index contributed by atoms with van der Waals surface area (Å²) in [6.45, 7) is 0. The Bertz CT molecular complexity index is 2030. The van der Waals surface area contributed by atoms with E-state index in [-0.39, 0.29) is 27.9 Å². The van der Waals surface area contributed by atoms with E-state index >= 15 is 0 Å². The lowest BCUT2D eigenvalue weighted by Crippen LogP contribution is -2.25. The number of methoxy groups -OCH3 is 1. The summed E-state index contributed by atoms with van der Waals surface area (Å²) in [4.78, 5) is 21.0.